The monoisotopic (exact) mass is 509 g/mol. The summed E-state index contributed by atoms with van der Waals surface area (Å²) >= 11 is 0. The van der Waals surface area contributed by atoms with E-state index in [1.807, 2.05) is 6.07 Å². The summed E-state index contributed by atoms with van der Waals surface area (Å²) in [6.45, 7) is 3.92. The topological polar surface area (TPSA) is 128 Å². The Morgan fingerprint density at radius 1 is 1.18 bits per heavy atom. The van der Waals surface area contributed by atoms with Crippen LogP contribution in [0.1, 0.15) is 5.56 Å². The lowest BCUT2D eigenvalue weighted by Crippen LogP contribution is -2.33. The number of carbonyl (C=O) groups excluding carboxylic acids is 1. The van der Waals surface area contributed by atoms with Gasteiger partial charge in [0.1, 0.15) is 17.0 Å². The number of fused-ring (bicyclic) bond motifs is 2. The zero-order valence-corrected chi connectivity index (χ0v) is 21.0. The van der Waals surface area contributed by atoms with Crippen molar-refractivity contribution in [2.45, 2.75) is 0 Å². The van der Waals surface area contributed by atoms with Crippen molar-refractivity contribution in [1.29, 1.82) is 0 Å². The zero-order chi connectivity index (χ0) is 26.8. The Hall–Kier alpha value is -5.19. The molecule has 0 aliphatic rings. The van der Waals surface area contributed by atoms with Gasteiger partial charge in [-0.05, 0) is 18.2 Å². The van der Waals surface area contributed by atoms with E-state index >= 15 is 0 Å². The number of imidazole rings is 1. The van der Waals surface area contributed by atoms with Crippen LogP contribution in [0.5, 0.6) is 0 Å². The summed E-state index contributed by atoms with van der Waals surface area (Å²) in [7, 11) is 4.94. The summed E-state index contributed by atoms with van der Waals surface area (Å²) in [6, 6.07) is 8.11. The zero-order valence-electron chi connectivity index (χ0n) is 21.0. The Bertz CT molecular complexity index is 1750. The number of rotatable bonds is 6. The van der Waals surface area contributed by atoms with E-state index in [1.165, 1.54) is 11.0 Å². The number of halogens is 1. The van der Waals surface area contributed by atoms with Crippen LogP contribution < -0.4 is 5.32 Å². The number of pyridine rings is 2. The minimum Gasteiger partial charge on any atom is -0.335 e. The van der Waals surface area contributed by atoms with Crippen molar-refractivity contribution in [2.24, 2.45) is 4.99 Å². The van der Waals surface area contributed by atoms with E-state index in [1.54, 1.807) is 70.2 Å². The van der Waals surface area contributed by atoms with E-state index in [9.17, 15) is 9.18 Å². The van der Waals surface area contributed by atoms with E-state index in [2.05, 4.69) is 42.0 Å². The van der Waals surface area contributed by atoms with Crippen molar-refractivity contribution in [1.82, 2.24) is 40.3 Å². The summed E-state index contributed by atoms with van der Waals surface area (Å²) in [5.41, 5.74) is 5.13. The second-order valence-electron chi connectivity index (χ2n) is 8.68. The fourth-order valence-electron chi connectivity index (χ4n) is 3.97. The van der Waals surface area contributed by atoms with Crippen LogP contribution in [0.4, 0.5) is 9.18 Å². The molecule has 2 amide bonds. The number of allylic oxidation sites excluding steroid dienone is 2. The molecule has 0 aliphatic heterocycles. The quantitative estimate of drug-likeness (QED) is 0.228. The molecule has 4 aromatic heterocycles. The van der Waals surface area contributed by atoms with Gasteiger partial charge < -0.3 is 15.2 Å². The molecule has 190 valence electrons. The molecule has 5 aromatic rings. The molecule has 0 saturated heterocycles. The Morgan fingerprint density at radius 2 is 2.00 bits per heavy atom. The number of hydrogen-bond acceptors (Lipinski definition) is 6. The van der Waals surface area contributed by atoms with Crippen LogP contribution in [0.15, 0.2) is 72.3 Å². The van der Waals surface area contributed by atoms with Gasteiger partial charge in [-0.15, -0.1) is 0 Å². The maximum atomic E-state index is 14.5. The van der Waals surface area contributed by atoms with Crippen molar-refractivity contribution in [3.05, 3.63) is 78.7 Å². The summed E-state index contributed by atoms with van der Waals surface area (Å²) in [6.07, 6.45) is 8.28. The third kappa shape index (κ3) is 4.64. The van der Waals surface area contributed by atoms with Gasteiger partial charge in [0.15, 0.2) is 11.5 Å². The number of hydrogen-bond donors (Lipinski definition) is 3. The van der Waals surface area contributed by atoms with Gasteiger partial charge in [-0.25, -0.2) is 19.2 Å². The summed E-state index contributed by atoms with van der Waals surface area (Å²) in [5, 5.41) is 10.8. The van der Waals surface area contributed by atoms with E-state index in [-0.39, 0.29) is 11.8 Å². The molecular formula is C27H24FN9O. The number of aromatic amines is 2. The van der Waals surface area contributed by atoms with Crippen molar-refractivity contribution in [3.63, 3.8) is 0 Å². The maximum Gasteiger partial charge on any atom is 0.321 e. The molecule has 1 aromatic carbocycles. The van der Waals surface area contributed by atoms with Gasteiger partial charge in [-0.1, -0.05) is 24.8 Å². The van der Waals surface area contributed by atoms with Crippen LogP contribution in [0.3, 0.4) is 0 Å². The average molecular weight is 510 g/mol. The maximum absolute atomic E-state index is 14.5. The number of aliphatic imine (C=N–C) groups is 1. The van der Waals surface area contributed by atoms with E-state index in [4.69, 9.17) is 4.98 Å². The second kappa shape index (κ2) is 10.1. The van der Waals surface area contributed by atoms with Crippen molar-refractivity contribution < 1.29 is 9.18 Å². The minimum absolute atomic E-state index is 0.293. The third-order valence-corrected chi connectivity index (χ3v) is 5.80. The Labute approximate surface area is 217 Å². The summed E-state index contributed by atoms with van der Waals surface area (Å²) in [4.78, 5) is 34.3. The lowest BCUT2D eigenvalue weighted by atomic mass is 10.1. The second-order valence-corrected chi connectivity index (χ2v) is 8.68. The van der Waals surface area contributed by atoms with Crippen molar-refractivity contribution in [2.75, 3.05) is 21.1 Å². The van der Waals surface area contributed by atoms with Crippen LogP contribution in [0.2, 0.25) is 0 Å². The number of nitrogens with zero attached hydrogens (tertiary/aromatic N) is 6. The molecule has 0 radical (unpaired) electrons. The molecular weight excluding hydrogens is 485 g/mol. The summed E-state index contributed by atoms with van der Waals surface area (Å²) in [5.74, 6) is 0.124. The van der Waals surface area contributed by atoms with Gasteiger partial charge >= 0.3 is 6.03 Å². The highest BCUT2D eigenvalue weighted by molar-refractivity contribution is 6.11. The van der Waals surface area contributed by atoms with Gasteiger partial charge in [-0.3, -0.25) is 15.1 Å². The Kier molecular flexibility index (Phi) is 6.48. The molecule has 5 rings (SSSR count). The predicted octanol–water partition coefficient (Wildman–Crippen LogP) is 4.57. The van der Waals surface area contributed by atoms with Crippen molar-refractivity contribution >= 4 is 39.9 Å². The first kappa shape index (κ1) is 24.5. The number of urea groups is 1. The fraction of sp³-hybridized carbons (Fsp3) is 0.111. The van der Waals surface area contributed by atoms with Gasteiger partial charge in [0.25, 0.3) is 0 Å². The molecule has 0 bridgehead atoms. The Morgan fingerprint density at radius 3 is 2.76 bits per heavy atom. The largest absolute Gasteiger partial charge is 0.335 e. The van der Waals surface area contributed by atoms with Gasteiger partial charge in [0.05, 0.1) is 17.1 Å². The first-order valence-corrected chi connectivity index (χ1v) is 11.6. The first-order chi connectivity index (χ1) is 18.4. The highest BCUT2D eigenvalue weighted by Crippen LogP contribution is 2.32. The standard InChI is InChI=1S/C27H24FN9O/c1-15(32-27(38)37(3)4)9-16(11-29-2)17-10-19-24(35-36-25(19)31-12-17)26-33-22-14-30-13-20(23(22)34-26)18-7-5-6-8-21(18)28/h5-14H,1H2,2-4H3,(H,32,38)(H,33,34)(H,31,35,36)/b16-9+,29-11-. The molecule has 38 heavy (non-hydrogen) atoms. The minimum atomic E-state index is -0.356. The van der Waals surface area contributed by atoms with Crippen LogP contribution in [-0.2, 0) is 0 Å². The fourth-order valence-corrected chi connectivity index (χ4v) is 3.97. The van der Waals surface area contributed by atoms with E-state index < -0.39 is 0 Å². The number of nitrogens with one attached hydrogen (secondary N) is 3. The number of H-pyrrole nitrogens is 2. The van der Waals surface area contributed by atoms with E-state index in [0.29, 0.717) is 56.0 Å². The molecule has 0 spiro atoms. The molecule has 0 atom stereocenters. The van der Waals surface area contributed by atoms with Gasteiger partial charge in [0, 0.05) is 67.7 Å². The van der Waals surface area contributed by atoms with Gasteiger partial charge in [-0.2, -0.15) is 5.10 Å². The van der Waals surface area contributed by atoms with Crippen LogP contribution in [0, 0.1) is 5.82 Å². The number of aromatic nitrogens is 6. The summed E-state index contributed by atoms with van der Waals surface area (Å²) < 4.78 is 14.5. The number of benzene rings is 1. The lowest BCUT2D eigenvalue weighted by Gasteiger charge is -2.12. The lowest BCUT2D eigenvalue weighted by molar-refractivity contribution is 0.220. The van der Waals surface area contributed by atoms with Gasteiger partial charge in [0.2, 0.25) is 0 Å². The highest BCUT2D eigenvalue weighted by Gasteiger charge is 2.18. The molecule has 0 saturated carbocycles. The Balaban J connectivity index is 1.57. The average Bonchev–Trinajstić information content (AvgIpc) is 3.52. The van der Waals surface area contributed by atoms with Crippen LogP contribution in [-0.4, -0.2) is 68.4 Å². The molecule has 0 unspecified atom stereocenters. The molecule has 4 heterocycles. The third-order valence-electron chi connectivity index (χ3n) is 5.80. The van der Waals surface area contributed by atoms with Crippen LogP contribution >= 0.6 is 0 Å². The smallest absolute Gasteiger partial charge is 0.321 e. The SMILES string of the molecule is C=C(/C=C(\C=N/C)c1cnc2[nH]nc(-c3nc4c(-c5ccccc5F)cncc4[nH]3)c2c1)NC(=O)N(C)C. The first-order valence-electron chi connectivity index (χ1n) is 11.6. The number of carbonyl (C=O) groups is 1. The normalized spacial score (nSPS) is 11.9. The van der Waals surface area contributed by atoms with E-state index in [0.717, 1.165) is 5.56 Å². The van der Waals surface area contributed by atoms with Crippen molar-refractivity contribution in [3.8, 4) is 22.6 Å². The van der Waals surface area contributed by atoms with Crippen LogP contribution in [0.25, 0.3) is 50.3 Å². The molecule has 3 N–H and O–H groups in total. The molecule has 11 heteroatoms. The molecule has 10 nitrogen and oxygen atoms in total. The highest BCUT2D eigenvalue weighted by atomic mass is 19.1. The number of amides is 2. The predicted molar refractivity (Wildman–Crippen MR) is 146 cm³/mol. The molecule has 0 aliphatic carbocycles. The molecule has 0 fully saturated rings.